The molecule has 0 amide bonds. The van der Waals surface area contributed by atoms with Gasteiger partial charge < -0.3 is 14.2 Å². The maximum Gasteiger partial charge on any atom is 0.346 e. The third kappa shape index (κ3) is 5.42. The van der Waals surface area contributed by atoms with Crippen LogP contribution in [0, 0.1) is 17.5 Å². The van der Waals surface area contributed by atoms with E-state index in [0.29, 0.717) is 34.6 Å². The molecule has 36 heavy (non-hydrogen) atoms. The smallest absolute Gasteiger partial charge is 0.346 e. The minimum atomic E-state index is -1.30. The molecule has 0 aliphatic rings. The number of rotatable bonds is 8. The lowest BCUT2D eigenvalue weighted by Crippen LogP contribution is -2.12. The predicted octanol–water partition coefficient (Wildman–Crippen LogP) is 7.20. The molecule has 0 N–H and O–H groups in total. The molecule has 4 nitrogen and oxygen atoms in total. The van der Waals surface area contributed by atoms with Crippen molar-refractivity contribution in [2.45, 2.75) is 13.5 Å². The first-order chi connectivity index (χ1) is 17.4. The normalized spacial score (nSPS) is 10.8. The molecule has 0 radical (unpaired) electrons. The zero-order chi connectivity index (χ0) is 25.7. The van der Waals surface area contributed by atoms with E-state index in [0.717, 1.165) is 0 Å². The molecule has 0 aliphatic carbocycles. The number of carbonyl (C=O) groups excluding carboxylic acids is 1. The van der Waals surface area contributed by atoms with Gasteiger partial charge in [-0.1, -0.05) is 42.5 Å². The predicted molar refractivity (Wildman–Crippen MR) is 130 cm³/mol. The zero-order valence-corrected chi connectivity index (χ0v) is 19.7. The number of hydrogen-bond acceptors (Lipinski definition) is 4. The highest BCUT2D eigenvalue weighted by Gasteiger charge is 2.21. The van der Waals surface area contributed by atoms with Gasteiger partial charge in [-0.25, -0.2) is 18.0 Å². The van der Waals surface area contributed by atoms with Gasteiger partial charge in [-0.2, -0.15) is 0 Å². The van der Waals surface area contributed by atoms with Crippen molar-refractivity contribution in [3.8, 4) is 33.8 Å². The Labute approximate surface area is 206 Å². The first-order valence-corrected chi connectivity index (χ1v) is 11.2. The Hall–Kier alpha value is -4.10. The number of benzene rings is 4. The van der Waals surface area contributed by atoms with E-state index in [9.17, 15) is 18.0 Å². The first kappa shape index (κ1) is 25.0. The summed E-state index contributed by atoms with van der Waals surface area (Å²) >= 11 is 0. The lowest BCUT2D eigenvalue weighted by molar-refractivity contribution is 0.0728. The fourth-order valence-electron chi connectivity index (χ4n) is 3.63. The molecule has 4 aromatic rings. The Morgan fingerprint density at radius 3 is 2.03 bits per heavy atom. The fraction of sp³-hybridized carbons (Fsp3) is 0.138. The molecule has 4 aromatic carbocycles. The van der Waals surface area contributed by atoms with Crippen LogP contribution in [0.15, 0.2) is 78.9 Å². The molecule has 184 valence electrons. The Morgan fingerprint density at radius 2 is 1.39 bits per heavy atom. The van der Waals surface area contributed by atoms with Gasteiger partial charge in [0.15, 0.2) is 11.6 Å². The van der Waals surface area contributed by atoms with Gasteiger partial charge in [0.25, 0.3) is 0 Å². The van der Waals surface area contributed by atoms with E-state index in [1.165, 1.54) is 37.4 Å². The molecule has 0 atom stereocenters. The summed E-state index contributed by atoms with van der Waals surface area (Å²) in [7, 11) is 1.50. The molecule has 0 aromatic heterocycles. The van der Waals surface area contributed by atoms with E-state index >= 15 is 0 Å². The second-order valence-corrected chi connectivity index (χ2v) is 7.87. The standard InChI is InChI=1S/C29H23F3O4/c1-3-35-17-21-5-4-20(16-26(21)30)18-6-12-23(13-7-18)36-29(33)25-15-14-24(27(31)28(25)32)19-8-10-22(34-2)11-9-19/h4-16H,3,17H2,1-2H3. The maximum atomic E-state index is 14.7. The highest BCUT2D eigenvalue weighted by molar-refractivity contribution is 5.92. The Morgan fingerprint density at radius 1 is 0.750 bits per heavy atom. The number of esters is 1. The second-order valence-electron chi connectivity index (χ2n) is 7.87. The van der Waals surface area contributed by atoms with Crippen LogP contribution in [0.4, 0.5) is 13.2 Å². The largest absolute Gasteiger partial charge is 0.497 e. The number of ether oxygens (including phenoxy) is 3. The summed E-state index contributed by atoms with van der Waals surface area (Å²) in [5, 5.41) is 0. The van der Waals surface area contributed by atoms with Gasteiger partial charge in [-0.3, -0.25) is 0 Å². The van der Waals surface area contributed by atoms with Crippen LogP contribution in [0.2, 0.25) is 0 Å². The lowest BCUT2D eigenvalue weighted by Gasteiger charge is -2.10. The van der Waals surface area contributed by atoms with Gasteiger partial charge in [0.05, 0.1) is 19.3 Å². The topological polar surface area (TPSA) is 44.8 Å². The minimum Gasteiger partial charge on any atom is -0.497 e. The molecule has 0 heterocycles. The SMILES string of the molecule is CCOCc1ccc(-c2ccc(OC(=O)c3ccc(-c4ccc(OC)cc4)c(F)c3F)cc2)cc1F. The average Bonchev–Trinajstić information content (AvgIpc) is 2.90. The summed E-state index contributed by atoms with van der Waals surface area (Å²) in [4.78, 5) is 12.5. The summed E-state index contributed by atoms with van der Waals surface area (Å²) in [5.74, 6) is -3.16. The van der Waals surface area contributed by atoms with Crippen molar-refractivity contribution in [3.63, 3.8) is 0 Å². The maximum absolute atomic E-state index is 14.7. The van der Waals surface area contributed by atoms with Crippen LogP contribution < -0.4 is 9.47 Å². The van der Waals surface area contributed by atoms with Gasteiger partial charge >= 0.3 is 5.97 Å². The van der Waals surface area contributed by atoms with Gasteiger partial charge in [0.1, 0.15) is 17.3 Å². The van der Waals surface area contributed by atoms with Crippen molar-refractivity contribution in [3.05, 3.63) is 107 Å². The van der Waals surface area contributed by atoms with Gasteiger partial charge in [-0.05, 0) is 60.0 Å². The van der Waals surface area contributed by atoms with Crippen LogP contribution in [-0.4, -0.2) is 19.7 Å². The molecular weight excluding hydrogens is 469 g/mol. The number of carbonyl (C=O) groups is 1. The first-order valence-electron chi connectivity index (χ1n) is 11.2. The second kappa shape index (κ2) is 11.1. The van der Waals surface area contributed by atoms with E-state index in [4.69, 9.17) is 14.2 Å². The molecule has 4 rings (SSSR count). The minimum absolute atomic E-state index is 0.00978. The van der Waals surface area contributed by atoms with Gasteiger partial charge in [0.2, 0.25) is 0 Å². The van der Waals surface area contributed by atoms with Crippen LogP contribution in [0.25, 0.3) is 22.3 Å². The highest BCUT2D eigenvalue weighted by Crippen LogP contribution is 2.29. The Kier molecular flexibility index (Phi) is 7.71. The molecule has 0 bridgehead atoms. The molecule has 0 unspecified atom stereocenters. The molecule has 0 aliphatic heterocycles. The molecular formula is C29H23F3O4. The average molecular weight is 492 g/mol. The zero-order valence-electron chi connectivity index (χ0n) is 19.7. The van der Waals surface area contributed by atoms with Crippen molar-refractivity contribution in [1.29, 1.82) is 0 Å². The third-order valence-electron chi connectivity index (χ3n) is 5.62. The Bertz CT molecular complexity index is 1370. The van der Waals surface area contributed by atoms with Crippen LogP contribution in [-0.2, 0) is 11.3 Å². The van der Waals surface area contributed by atoms with Crippen molar-refractivity contribution in [2.24, 2.45) is 0 Å². The fourth-order valence-corrected chi connectivity index (χ4v) is 3.63. The summed E-state index contributed by atoms with van der Waals surface area (Å²) in [6, 6.07) is 20.0. The third-order valence-corrected chi connectivity index (χ3v) is 5.62. The number of methoxy groups -OCH3 is 1. The van der Waals surface area contributed by atoms with Crippen molar-refractivity contribution < 1.29 is 32.2 Å². The molecule has 0 fully saturated rings. The lowest BCUT2D eigenvalue weighted by atomic mass is 10.0. The molecule has 0 saturated carbocycles. The van der Waals surface area contributed by atoms with E-state index in [-0.39, 0.29) is 23.7 Å². The van der Waals surface area contributed by atoms with Gasteiger partial charge in [0, 0.05) is 17.7 Å². The monoisotopic (exact) mass is 492 g/mol. The molecule has 7 heteroatoms. The van der Waals surface area contributed by atoms with Crippen LogP contribution in [0.1, 0.15) is 22.8 Å². The van der Waals surface area contributed by atoms with Crippen molar-refractivity contribution >= 4 is 5.97 Å². The summed E-state index contributed by atoms with van der Waals surface area (Å²) < 4.78 is 59.4. The van der Waals surface area contributed by atoms with Crippen LogP contribution >= 0.6 is 0 Å². The number of halogens is 3. The van der Waals surface area contributed by atoms with E-state index < -0.39 is 23.2 Å². The van der Waals surface area contributed by atoms with E-state index in [1.54, 1.807) is 48.5 Å². The van der Waals surface area contributed by atoms with E-state index in [1.807, 2.05) is 6.92 Å². The van der Waals surface area contributed by atoms with E-state index in [2.05, 4.69) is 0 Å². The van der Waals surface area contributed by atoms with Crippen molar-refractivity contribution in [2.75, 3.05) is 13.7 Å². The Balaban J connectivity index is 1.48. The van der Waals surface area contributed by atoms with Gasteiger partial charge in [-0.15, -0.1) is 0 Å². The summed E-state index contributed by atoms with van der Waals surface area (Å²) in [5.41, 5.74) is 1.70. The molecule has 0 saturated heterocycles. The van der Waals surface area contributed by atoms with Crippen LogP contribution in [0.3, 0.4) is 0 Å². The quantitative estimate of drug-likeness (QED) is 0.193. The number of hydrogen-bond donors (Lipinski definition) is 0. The van der Waals surface area contributed by atoms with Crippen molar-refractivity contribution in [1.82, 2.24) is 0 Å². The highest BCUT2D eigenvalue weighted by atomic mass is 19.2. The van der Waals surface area contributed by atoms with Crippen LogP contribution in [0.5, 0.6) is 11.5 Å². The summed E-state index contributed by atoms with van der Waals surface area (Å²) in [6.07, 6.45) is 0. The molecule has 0 spiro atoms. The summed E-state index contributed by atoms with van der Waals surface area (Å²) in [6.45, 7) is 2.52.